The van der Waals surface area contributed by atoms with Gasteiger partial charge < -0.3 is 14.3 Å². The van der Waals surface area contributed by atoms with E-state index in [1.165, 1.54) is 17.7 Å². The van der Waals surface area contributed by atoms with Crippen LogP contribution in [0.25, 0.3) is 0 Å². The largest absolute Gasteiger partial charge is 0.465 e. The van der Waals surface area contributed by atoms with Gasteiger partial charge >= 0.3 is 5.97 Å². The number of hydrogen-bond acceptors (Lipinski definition) is 4. The number of nitrogens with zero attached hydrogens (tertiary/aromatic N) is 1. The minimum atomic E-state index is -0.489. The summed E-state index contributed by atoms with van der Waals surface area (Å²) in [5.74, 6) is -0.753. The topological polar surface area (TPSA) is 81.2 Å². The Morgan fingerprint density at radius 3 is 2.62 bits per heavy atom. The first kappa shape index (κ1) is 14.8. The molecule has 6 heteroatoms. The molecule has 2 aromatic heterocycles. The van der Waals surface area contributed by atoms with E-state index in [0.717, 1.165) is 0 Å². The van der Waals surface area contributed by atoms with Gasteiger partial charge in [0.25, 0.3) is 5.56 Å². The summed E-state index contributed by atoms with van der Waals surface area (Å²) < 4.78 is 6.02. The third kappa shape index (κ3) is 2.79. The third-order valence-electron chi connectivity index (χ3n) is 3.32. The van der Waals surface area contributed by atoms with Gasteiger partial charge in [0.05, 0.1) is 24.9 Å². The highest BCUT2D eigenvalue weighted by atomic mass is 16.5. The number of carbonyl (C=O) groups excluding carboxylic acids is 2. The molecule has 0 saturated carbocycles. The van der Waals surface area contributed by atoms with E-state index in [1.54, 1.807) is 32.2 Å². The first-order chi connectivity index (χ1) is 9.95. The number of hydrogen-bond donors (Lipinski definition) is 1. The molecule has 0 aliphatic heterocycles. The summed E-state index contributed by atoms with van der Waals surface area (Å²) >= 11 is 0. The van der Waals surface area contributed by atoms with Gasteiger partial charge in [-0.25, -0.2) is 4.79 Å². The van der Waals surface area contributed by atoms with E-state index in [0.29, 0.717) is 22.5 Å². The van der Waals surface area contributed by atoms with Crippen molar-refractivity contribution in [2.75, 3.05) is 7.11 Å². The molecule has 2 rings (SSSR count). The van der Waals surface area contributed by atoms with Gasteiger partial charge in [-0.3, -0.25) is 9.59 Å². The average molecular weight is 288 g/mol. The minimum absolute atomic E-state index is 0.0823. The van der Waals surface area contributed by atoms with Crippen LogP contribution < -0.4 is 5.56 Å². The number of ketones is 1. The first-order valence-corrected chi connectivity index (χ1v) is 6.42. The Balaban J connectivity index is 2.35. The van der Waals surface area contributed by atoms with Crippen LogP contribution in [0.1, 0.15) is 32.1 Å². The van der Waals surface area contributed by atoms with E-state index in [9.17, 15) is 14.4 Å². The lowest BCUT2D eigenvalue weighted by atomic mass is 10.1. The zero-order valence-electron chi connectivity index (χ0n) is 12.1. The lowest BCUT2D eigenvalue weighted by Gasteiger charge is -2.04. The Hall–Kier alpha value is -2.63. The summed E-state index contributed by atoms with van der Waals surface area (Å²) in [6.07, 6.45) is 1.55. The van der Waals surface area contributed by atoms with Crippen LogP contribution in [0, 0.1) is 13.8 Å². The number of carbonyl (C=O) groups is 2. The number of rotatable bonds is 4. The van der Waals surface area contributed by atoms with Crippen molar-refractivity contribution in [1.29, 1.82) is 0 Å². The second-order valence-electron chi connectivity index (χ2n) is 4.71. The molecule has 1 N–H and O–H groups in total. The Morgan fingerprint density at radius 1 is 1.29 bits per heavy atom. The quantitative estimate of drug-likeness (QED) is 0.682. The molecule has 0 aliphatic rings. The lowest BCUT2D eigenvalue weighted by molar-refractivity contribution is 0.0599. The van der Waals surface area contributed by atoms with Gasteiger partial charge in [-0.05, 0) is 25.5 Å². The summed E-state index contributed by atoms with van der Waals surface area (Å²) in [5.41, 5.74) is 1.54. The summed E-state index contributed by atoms with van der Waals surface area (Å²) in [7, 11) is 1.29. The molecule has 0 radical (unpaired) electrons. The SMILES string of the molecule is COC(=O)c1c(C)[nH]c(C(=O)Cn2ccccc2=O)c1C. The Bertz CT molecular complexity index is 755. The van der Waals surface area contributed by atoms with Crippen LogP contribution in [0.4, 0.5) is 0 Å². The predicted octanol–water partition coefficient (Wildman–Crippen LogP) is 1.46. The van der Waals surface area contributed by atoms with Crippen molar-refractivity contribution in [3.63, 3.8) is 0 Å². The monoisotopic (exact) mass is 288 g/mol. The molecule has 110 valence electrons. The number of H-pyrrole nitrogens is 1. The molecule has 0 atom stereocenters. The second-order valence-corrected chi connectivity index (χ2v) is 4.71. The van der Waals surface area contributed by atoms with Crippen LogP contribution >= 0.6 is 0 Å². The fourth-order valence-electron chi connectivity index (χ4n) is 2.26. The predicted molar refractivity (Wildman–Crippen MR) is 76.6 cm³/mol. The Kier molecular flexibility index (Phi) is 4.07. The van der Waals surface area contributed by atoms with Crippen LogP contribution in [-0.4, -0.2) is 28.4 Å². The molecule has 2 aromatic rings. The van der Waals surface area contributed by atoms with Crippen molar-refractivity contribution in [3.8, 4) is 0 Å². The standard InChI is InChI=1S/C15H16N2O4/c1-9-13(15(20)21-3)10(2)16-14(9)11(18)8-17-7-5-4-6-12(17)19/h4-7,16H,8H2,1-3H3. The molecule has 21 heavy (non-hydrogen) atoms. The third-order valence-corrected chi connectivity index (χ3v) is 3.32. The van der Waals surface area contributed by atoms with Gasteiger partial charge in [-0.15, -0.1) is 0 Å². The maximum absolute atomic E-state index is 12.3. The van der Waals surface area contributed by atoms with Crippen molar-refractivity contribution in [1.82, 2.24) is 9.55 Å². The molecule has 0 spiro atoms. The molecule has 0 bridgehead atoms. The minimum Gasteiger partial charge on any atom is -0.465 e. The van der Waals surface area contributed by atoms with E-state index in [1.807, 2.05) is 0 Å². The summed E-state index contributed by atoms with van der Waals surface area (Å²) in [6.45, 7) is 3.29. The zero-order chi connectivity index (χ0) is 15.6. The van der Waals surface area contributed by atoms with Crippen molar-refractivity contribution < 1.29 is 14.3 Å². The summed E-state index contributed by atoms with van der Waals surface area (Å²) in [6, 6.07) is 4.68. The fraction of sp³-hybridized carbons (Fsp3) is 0.267. The molecule has 0 aliphatic carbocycles. The van der Waals surface area contributed by atoms with Gasteiger partial charge in [0, 0.05) is 18.0 Å². The zero-order valence-corrected chi connectivity index (χ0v) is 12.1. The highest BCUT2D eigenvalue weighted by molar-refractivity contribution is 6.01. The molecule has 0 amide bonds. The van der Waals surface area contributed by atoms with E-state index in [2.05, 4.69) is 4.98 Å². The van der Waals surface area contributed by atoms with E-state index < -0.39 is 5.97 Å². The number of aryl methyl sites for hydroxylation is 1. The number of aromatic amines is 1. The van der Waals surface area contributed by atoms with Crippen LogP contribution in [-0.2, 0) is 11.3 Å². The number of esters is 1. The second kappa shape index (κ2) is 5.78. The first-order valence-electron chi connectivity index (χ1n) is 6.42. The molecular formula is C15H16N2O4. The van der Waals surface area contributed by atoms with Gasteiger partial charge in [-0.1, -0.05) is 6.07 Å². The molecule has 2 heterocycles. The lowest BCUT2D eigenvalue weighted by Crippen LogP contribution is -2.23. The fourth-order valence-corrected chi connectivity index (χ4v) is 2.26. The van der Waals surface area contributed by atoms with Crippen molar-refractivity contribution in [2.24, 2.45) is 0 Å². The smallest absolute Gasteiger partial charge is 0.339 e. The van der Waals surface area contributed by atoms with Crippen LogP contribution in [0.3, 0.4) is 0 Å². The van der Waals surface area contributed by atoms with Crippen molar-refractivity contribution in [3.05, 3.63) is 57.3 Å². The summed E-state index contributed by atoms with van der Waals surface area (Å²) in [4.78, 5) is 38.5. The maximum Gasteiger partial charge on any atom is 0.339 e. The van der Waals surface area contributed by atoms with E-state index in [4.69, 9.17) is 4.74 Å². The van der Waals surface area contributed by atoms with Crippen LogP contribution in [0.2, 0.25) is 0 Å². The maximum atomic E-state index is 12.3. The number of Topliss-reactive ketones (excluding diaryl/α,β-unsaturated/α-hetero) is 1. The molecule has 0 saturated heterocycles. The molecular weight excluding hydrogens is 272 g/mol. The number of pyridine rings is 1. The van der Waals surface area contributed by atoms with Crippen LogP contribution in [0.15, 0.2) is 29.2 Å². The number of aromatic nitrogens is 2. The molecule has 0 aromatic carbocycles. The number of nitrogens with one attached hydrogen (secondary N) is 1. The average Bonchev–Trinajstić information content (AvgIpc) is 2.76. The molecule has 6 nitrogen and oxygen atoms in total. The van der Waals surface area contributed by atoms with E-state index in [-0.39, 0.29) is 17.9 Å². The van der Waals surface area contributed by atoms with Gasteiger partial charge in [-0.2, -0.15) is 0 Å². The van der Waals surface area contributed by atoms with Gasteiger partial charge in [0.2, 0.25) is 0 Å². The van der Waals surface area contributed by atoms with Crippen LogP contribution in [0.5, 0.6) is 0 Å². The highest BCUT2D eigenvalue weighted by Crippen LogP contribution is 2.19. The number of methoxy groups -OCH3 is 1. The molecule has 0 unspecified atom stereocenters. The normalized spacial score (nSPS) is 10.4. The Morgan fingerprint density at radius 2 is 2.00 bits per heavy atom. The van der Waals surface area contributed by atoms with E-state index >= 15 is 0 Å². The summed E-state index contributed by atoms with van der Waals surface area (Å²) in [5, 5.41) is 0. The Labute approximate surface area is 121 Å². The van der Waals surface area contributed by atoms with Gasteiger partial charge in [0.1, 0.15) is 0 Å². The van der Waals surface area contributed by atoms with Gasteiger partial charge in [0.15, 0.2) is 5.78 Å². The molecule has 0 fully saturated rings. The van der Waals surface area contributed by atoms with Crippen molar-refractivity contribution >= 4 is 11.8 Å². The van der Waals surface area contributed by atoms with Crippen molar-refractivity contribution in [2.45, 2.75) is 20.4 Å². The number of ether oxygens (including phenoxy) is 1. The highest BCUT2D eigenvalue weighted by Gasteiger charge is 2.22.